The van der Waals surface area contributed by atoms with Crippen molar-refractivity contribution in [3.63, 3.8) is 0 Å². The third kappa shape index (κ3) is 4.52. The summed E-state index contributed by atoms with van der Waals surface area (Å²) in [5.41, 5.74) is 1.47. The van der Waals surface area contributed by atoms with E-state index < -0.39 is 0 Å². The monoisotopic (exact) mass is 420 g/mol. The Morgan fingerprint density at radius 2 is 2.14 bits per heavy atom. The van der Waals surface area contributed by atoms with E-state index in [1.54, 1.807) is 23.9 Å². The standard InChI is InChI=1S/C20H25ClN4O2S/c1-12(2)11-25-17(23-24-20(25)28-4)6-5-9-22-19(26)18-13(3)15-10-14(21)7-8-16(15)27-18/h7-8,10,12H,5-6,9,11H2,1-4H3,(H,22,26). The van der Waals surface area contributed by atoms with Crippen LogP contribution >= 0.6 is 23.4 Å². The number of halogens is 1. The number of hydrogen-bond acceptors (Lipinski definition) is 5. The lowest BCUT2D eigenvalue weighted by atomic mass is 10.1. The molecule has 0 bridgehead atoms. The summed E-state index contributed by atoms with van der Waals surface area (Å²) in [6.07, 6.45) is 3.55. The molecule has 0 saturated heterocycles. The SMILES string of the molecule is CSc1nnc(CCCNC(=O)c2oc3ccc(Cl)cc3c2C)n1CC(C)C. The second-order valence-corrected chi connectivity index (χ2v) is 8.37. The van der Waals surface area contributed by atoms with E-state index in [1.165, 1.54) is 0 Å². The van der Waals surface area contributed by atoms with Crippen LogP contribution in [0.25, 0.3) is 11.0 Å². The van der Waals surface area contributed by atoms with E-state index in [-0.39, 0.29) is 5.91 Å². The molecule has 6 nitrogen and oxygen atoms in total. The van der Waals surface area contributed by atoms with Gasteiger partial charge in [0.05, 0.1) is 0 Å². The number of amides is 1. The van der Waals surface area contributed by atoms with Gasteiger partial charge in [0.2, 0.25) is 0 Å². The van der Waals surface area contributed by atoms with Crippen molar-refractivity contribution in [2.75, 3.05) is 12.8 Å². The first kappa shape index (κ1) is 20.7. The van der Waals surface area contributed by atoms with Crippen LogP contribution in [0.3, 0.4) is 0 Å². The number of nitrogens with zero attached hydrogens (tertiary/aromatic N) is 3. The predicted molar refractivity (Wildman–Crippen MR) is 113 cm³/mol. The van der Waals surface area contributed by atoms with E-state index in [2.05, 4.69) is 33.9 Å². The Morgan fingerprint density at radius 1 is 1.36 bits per heavy atom. The number of aryl methyl sites for hydroxylation is 2. The minimum absolute atomic E-state index is 0.210. The van der Waals surface area contributed by atoms with Gasteiger partial charge in [-0.25, -0.2) is 0 Å². The number of nitrogens with one attached hydrogen (secondary N) is 1. The first-order valence-electron chi connectivity index (χ1n) is 9.33. The van der Waals surface area contributed by atoms with Crippen LogP contribution in [0, 0.1) is 12.8 Å². The lowest BCUT2D eigenvalue weighted by Gasteiger charge is -2.11. The second kappa shape index (κ2) is 9.01. The Morgan fingerprint density at radius 3 is 2.86 bits per heavy atom. The summed E-state index contributed by atoms with van der Waals surface area (Å²) >= 11 is 7.64. The normalized spacial score (nSPS) is 11.5. The van der Waals surface area contributed by atoms with Crippen molar-refractivity contribution < 1.29 is 9.21 Å². The lowest BCUT2D eigenvalue weighted by Crippen LogP contribution is -2.25. The van der Waals surface area contributed by atoms with Gasteiger partial charge in [0, 0.05) is 35.5 Å². The fourth-order valence-electron chi connectivity index (χ4n) is 3.14. The molecule has 8 heteroatoms. The molecule has 1 aromatic carbocycles. The van der Waals surface area contributed by atoms with Crippen molar-refractivity contribution in [1.82, 2.24) is 20.1 Å². The molecule has 0 aliphatic rings. The molecule has 2 heterocycles. The summed E-state index contributed by atoms with van der Waals surface area (Å²) in [6.45, 7) is 7.66. The first-order valence-corrected chi connectivity index (χ1v) is 10.9. The first-order chi connectivity index (χ1) is 13.4. The number of benzene rings is 1. The van der Waals surface area contributed by atoms with Gasteiger partial charge >= 0.3 is 0 Å². The molecule has 3 rings (SSSR count). The number of rotatable bonds is 8. The van der Waals surface area contributed by atoms with E-state index in [9.17, 15) is 4.79 Å². The average molecular weight is 421 g/mol. The van der Waals surface area contributed by atoms with Gasteiger partial charge in [-0.05, 0) is 43.7 Å². The molecule has 150 valence electrons. The minimum Gasteiger partial charge on any atom is -0.451 e. The zero-order valence-corrected chi connectivity index (χ0v) is 18.2. The third-order valence-electron chi connectivity index (χ3n) is 4.49. The highest BCUT2D eigenvalue weighted by Gasteiger charge is 2.18. The van der Waals surface area contributed by atoms with Gasteiger partial charge in [-0.2, -0.15) is 0 Å². The molecule has 28 heavy (non-hydrogen) atoms. The molecule has 1 N–H and O–H groups in total. The van der Waals surface area contributed by atoms with E-state index >= 15 is 0 Å². The summed E-state index contributed by atoms with van der Waals surface area (Å²) in [5.74, 6) is 1.61. The zero-order chi connectivity index (χ0) is 20.3. The fraction of sp³-hybridized carbons (Fsp3) is 0.450. The summed E-state index contributed by atoms with van der Waals surface area (Å²) in [5, 5.41) is 13.9. The highest BCUT2D eigenvalue weighted by atomic mass is 35.5. The number of fused-ring (bicyclic) bond motifs is 1. The molecule has 0 unspecified atom stereocenters. The van der Waals surface area contributed by atoms with Crippen LogP contribution in [-0.2, 0) is 13.0 Å². The van der Waals surface area contributed by atoms with Gasteiger partial charge in [0.15, 0.2) is 10.9 Å². The average Bonchev–Trinajstić information content (AvgIpc) is 3.19. The number of aromatic nitrogens is 3. The van der Waals surface area contributed by atoms with E-state index in [0.29, 0.717) is 28.8 Å². The Balaban J connectivity index is 1.59. The second-order valence-electron chi connectivity index (χ2n) is 7.16. The number of furan rings is 1. The molecule has 0 saturated carbocycles. The zero-order valence-electron chi connectivity index (χ0n) is 16.6. The number of carbonyl (C=O) groups excluding carboxylic acids is 1. The molecule has 0 aliphatic heterocycles. The van der Waals surface area contributed by atoms with Crippen molar-refractivity contribution >= 4 is 40.2 Å². The number of hydrogen-bond donors (Lipinski definition) is 1. The van der Waals surface area contributed by atoms with Crippen LogP contribution in [0.2, 0.25) is 5.02 Å². The van der Waals surface area contributed by atoms with Crippen molar-refractivity contribution in [3.05, 3.63) is 40.4 Å². The summed E-state index contributed by atoms with van der Waals surface area (Å²) in [4.78, 5) is 12.5. The minimum atomic E-state index is -0.210. The Bertz CT molecular complexity index is 980. The van der Waals surface area contributed by atoms with Gasteiger partial charge in [-0.15, -0.1) is 10.2 Å². The largest absolute Gasteiger partial charge is 0.451 e. The predicted octanol–water partition coefficient (Wildman–Crippen LogP) is 4.73. The van der Waals surface area contributed by atoms with Crippen LogP contribution in [0.1, 0.15) is 42.2 Å². The van der Waals surface area contributed by atoms with Crippen molar-refractivity contribution in [1.29, 1.82) is 0 Å². The summed E-state index contributed by atoms with van der Waals surface area (Å²) in [7, 11) is 0. The summed E-state index contributed by atoms with van der Waals surface area (Å²) < 4.78 is 7.88. The quantitative estimate of drug-likeness (QED) is 0.421. The molecular weight excluding hydrogens is 396 g/mol. The van der Waals surface area contributed by atoms with Crippen LogP contribution in [0.5, 0.6) is 0 Å². The van der Waals surface area contributed by atoms with Gasteiger partial charge in [-0.3, -0.25) is 4.79 Å². The van der Waals surface area contributed by atoms with Crippen LogP contribution in [-0.4, -0.2) is 33.5 Å². The molecule has 0 radical (unpaired) electrons. The Labute approximate surface area is 174 Å². The molecule has 2 aromatic heterocycles. The van der Waals surface area contributed by atoms with E-state index in [0.717, 1.165) is 41.3 Å². The van der Waals surface area contributed by atoms with Crippen molar-refractivity contribution in [2.45, 2.75) is 45.3 Å². The van der Waals surface area contributed by atoms with Crippen LogP contribution < -0.4 is 5.32 Å². The Kier molecular flexibility index (Phi) is 6.67. The van der Waals surface area contributed by atoms with Gasteiger partial charge < -0.3 is 14.3 Å². The van der Waals surface area contributed by atoms with E-state index in [4.69, 9.17) is 16.0 Å². The maximum absolute atomic E-state index is 12.5. The smallest absolute Gasteiger partial charge is 0.287 e. The molecular formula is C20H25ClN4O2S. The maximum atomic E-state index is 12.5. The lowest BCUT2D eigenvalue weighted by molar-refractivity contribution is 0.0926. The Hall–Kier alpha value is -1.99. The van der Waals surface area contributed by atoms with Gasteiger partial charge in [0.1, 0.15) is 11.4 Å². The highest BCUT2D eigenvalue weighted by molar-refractivity contribution is 7.98. The molecule has 1 amide bonds. The molecule has 3 aromatic rings. The fourth-order valence-corrected chi connectivity index (χ4v) is 3.84. The van der Waals surface area contributed by atoms with Crippen molar-refractivity contribution in [3.8, 4) is 0 Å². The molecule has 0 spiro atoms. The number of carbonyl (C=O) groups is 1. The van der Waals surface area contributed by atoms with Crippen molar-refractivity contribution in [2.24, 2.45) is 5.92 Å². The number of thioether (sulfide) groups is 1. The molecule has 0 fully saturated rings. The van der Waals surface area contributed by atoms with Crippen LogP contribution in [0.4, 0.5) is 0 Å². The summed E-state index contributed by atoms with van der Waals surface area (Å²) in [6, 6.07) is 5.36. The van der Waals surface area contributed by atoms with Gasteiger partial charge in [-0.1, -0.05) is 37.2 Å². The van der Waals surface area contributed by atoms with Crippen LogP contribution in [0.15, 0.2) is 27.8 Å². The van der Waals surface area contributed by atoms with E-state index in [1.807, 2.05) is 19.2 Å². The molecule has 0 aliphatic carbocycles. The maximum Gasteiger partial charge on any atom is 0.287 e. The topological polar surface area (TPSA) is 73.0 Å². The third-order valence-corrected chi connectivity index (χ3v) is 5.39. The van der Waals surface area contributed by atoms with Gasteiger partial charge in [0.25, 0.3) is 5.91 Å². The highest BCUT2D eigenvalue weighted by Crippen LogP contribution is 2.27. The molecule has 0 atom stereocenters.